The summed E-state index contributed by atoms with van der Waals surface area (Å²) in [5.74, 6) is -0.816. The summed E-state index contributed by atoms with van der Waals surface area (Å²) >= 11 is 3.46. The summed E-state index contributed by atoms with van der Waals surface area (Å²) in [5.41, 5.74) is 2.54. The van der Waals surface area contributed by atoms with E-state index < -0.39 is 34.1 Å². The van der Waals surface area contributed by atoms with Gasteiger partial charge in [-0.2, -0.15) is 0 Å². The first-order valence-electron chi connectivity index (χ1n) is 14.9. The van der Waals surface area contributed by atoms with Crippen molar-refractivity contribution in [3.63, 3.8) is 0 Å². The van der Waals surface area contributed by atoms with Gasteiger partial charge in [-0.15, -0.1) is 0 Å². The quantitative estimate of drug-likeness (QED) is 0.178. The zero-order valence-corrected chi connectivity index (χ0v) is 28.5. The van der Waals surface area contributed by atoms with Crippen LogP contribution in [0.1, 0.15) is 44.4 Å². The standard InChI is InChI=1S/C36H40BrN3O4S/c1-5-27-18-22-31(23-19-27)40(45(43,44)32-14-10-7-11-15-32)26-34(41)39(25-29-16-20-30(37)21-17-29)33(35(42)38-36(2,3)4)24-28-12-8-6-9-13-28/h6-23,33H,5,24-26H2,1-4H3,(H,38,42)/t33-/m1/s1. The number of carbonyl (C=O) groups excluding carboxylic acids is 2. The lowest BCUT2D eigenvalue weighted by Crippen LogP contribution is -2.56. The molecule has 2 amide bonds. The van der Waals surface area contributed by atoms with Crippen LogP contribution in [0.3, 0.4) is 0 Å². The number of nitrogens with one attached hydrogen (secondary N) is 1. The van der Waals surface area contributed by atoms with E-state index in [-0.39, 0.29) is 23.8 Å². The molecule has 0 saturated heterocycles. The van der Waals surface area contributed by atoms with Crippen LogP contribution in [0, 0.1) is 0 Å². The Balaban J connectivity index is 1.81. The molecule has 4 aromatic rings. The predicted molar refractivity (Wildman–Crippen MR) is 183 cm³/mol. The van der Waals surface area contributed by atoms with Gasteiger partial charge in [0, 0.05) is 23.0 Å². The van der Waals surface area contributed by atoms with Crippen molar-refractivity contribution in [1.82, 2.24) is 10.2 Å². The molecule has 7 nitrogen and oxygen atoms in total. The SMILES string of the molecule is CCc1ccc(N(CC(=O)N(Cc2ccc(Br)cc2)[C@H](Cc2ccccc2)C(=O)NC(C)(C)C)S(=O)(=O)c2ccccc2)cc1. The molecule has 9 heteroatoms. The highest BCUT2D eigenvalue weighted by molar-refractivity contribution is 9.10. The lowest BCUT2D eigenvalue weighted by molar-refractivity contribution is -0.140. The molecule has 0 aliphatic rings. The molecular weight excluding hydrogens is 650 g/mol. The van der Waals surface area contributed by atoms with E-state index in [1.807, 2.05) is 94.4 Å². The minimum atomic E-state index is -4.14. The van der Waals surface area contributed by atoms with Crippen molar-refractivity contribution in [2.75, 3.05) is 10.8 Å². The van der Waals surface area contributed by atoms with Crippen molar-refractivity contribution in [1.29, 1.82) is 0 Å². The molecule has 0 spiro atoms. The molecule has 1 atom stereocenters. The van der Waals surface area contributed by atoms with Crippen LogP contribution in [-0.2, 0) is 39.0 Å². The zero-order valence-electron chi connectivity index (χ0n) is 26.1. The van der Waals surface area contributed by atoms with E-state index in [1.165, 1.54) is 17.0 Å². The normalized spacial score (nSPS) is 12.3. The van der Waals surface area contributed by atoms with Crippen LogP contribution in [0.5, 0.6) is 0 Å². The van der Waals surface area contributed by atoms with E-state index in [1.54, 1.807) is 30.3 Å². The number of rotatable bonds is 12. The molecule has 4 rings (SSSR count). The second kappa shape index (κ2) is 14.9. The average Bonchev–Trinajstić information content (AvgIpc) is 3.02. The van der Waals surface area contributed by atoms with Crippen LogP contribution in [0.25, 0.3) is 0 Å². The second-order valence-corrected chi connectivity index (χ2v) is 14.7. The summed E-state index contributed by atoms with van der Waals surface area (Å²) in [5, 5.41) is 3.05. The molecule has 1 N–H and O–H groups in total. The topological polar surface area (TPSA) is 86.8 Å². The molecule has 0 bridgehead atoms. The molecule has 0 heterocycles. The minimum Gasteiger partial charge on any atom is -0.350 e. The van der Waals surface area contributed by atoms with Gasteiger partial charge in [-0.3, -0.25) is 13.9 Å². The Kier molecular flexibility index (Phi) is 11.2. The Hall–Kier alpha value is -3.95. The summed E-state index contributed by atoms with van der Waals surface area (Å²) in [6, 6.07) is 31.4. The fourth-order valence-electron chi connectivity index (χ4n) is 4.94. The van der Waals surface area contributed by atoms with E-state index in [2.05, 4.69) is 21.2 Å². The Morgan fingerprint density at radius 2 is 1.33 bits per heavy atom. The molecule has 4 aromatic carbocycles. The van der Waals surface area contributed by atoms with Crippen molar-refractivity contribution in [2.45, 2.75) is 63.6 Å². The highest BCUT2D eigenvalue weighted by Crippen LogP contribution is 2.26. The van der Waals surface area contributed by atoms with Gasteiger partial charge in [-0.25, -0.2) is 8.42 Å². The van der Waals surface area contributed by atoms with Crippen LogP contribution < -0.4 is 9.62 Å². The molecule has 45 heavy (non-hydrogen) atoms. The van der Waals surface area contributed by atoms with Gasteiger partial charge in [0.2, 0.25) is 11.8 Å². The maximum absolute atomic E-state index is 14.5. The number of hydrogen-bond acceptors (Lipinski definition) is 4. The van der Waals surface area contributed by atoms with E-state index in [0.717, 1.165) is 31.9 Å². The number of amides is 2. The predicted octanol–water partition coefficient (Wildman–Crippen LogP) is 6.76. The summed E-state index contributed by atoms with van der Waals surface area (Å²) in [7, 11) is -4.14. The monoisotopic (exact) mass is 689 g/mol. The molecule has 0 radical (unpaired) electrons. The molecular formula is C36H40BrN3O4S. The van der Waals surface area contributed by atoms with Gasteiger partial charge < -0.3 is 10.2 Å². The van der Waals surface area contributed by atoms with Crippen LogP contribution in [-0.4, -0.2) is 43.3 Å². The molecule has 0 fully saturated rings. The Morgan fingerprint density at radius 1 is 0.778 bits per heavy atom. The van der Waals surface area contributed by atoms with E-state index >= 15 is 0 Å². The number of aryl methyl sites for hydroxylation is 1. The summed E-state index contributed by atoms with van der Waals surface area (Å²) < 4.78 is 30.2. The first-order chi connectivity index (χ1) is 21.4. The maximum Gasteiger partial charge on any atom is 0.264 e. The molecule has 0 unspecified atom stereocenters. The summed E-state index contributed by atoms with van der Waals surface area (Å²) in [6.07, 6.45) is 1.04. The van der Waals surface area contributed by atoms with Crippen molar-refractivity contribution in [2.24, 2.45) is 0 Å². The highest BCUT2D eigenvalue weighted by atomic mass is 79.9. The van der Waals surface area contributed by atoms with Crippen LogP contribution in [0.4, 0.5) is 5.69 Å². The third-order valence-electron chi connectivity index (χ3n) is 7.28. The van der Waals surface area contributed by atoms with Gasteiger partial charge >= 0.3 is 0 Å². The second-order valence-electron chi connectivity index (χ2n) is 11.9. The number of hydrogen-bond donors (Lipinski definition) is 1. The molecule has 0 aromatic heterocycles. The van der Waals surface area contributed by atoms with Gasteiger partial charge in [0.25, 0.3) is 10.0 Å². The van der Waals surface area contributed by atoms with Crippen LogP contribution >= 0.6 is 15.9 Å². The van der Waals surface area contributed by atoms with Crippen LogP contribution in [0.15, 0.2) is 119 Å². The summed E-state index contributed by atoms with van der Waals surface area (Å²) in [4.78, 5) is 30.1. The first-order valence-corrected chi connectivity index (χ1v) is 17.2. The fourth-order valence-corrected chi connectivity index (χ4v) is 6.64. The fraction of sp³-hybridized carbons (Fsp3) is 0.278. The van der Waals surface area contributed by atoms with Gasteiger partial charge in [-0.1, -0.05) is 95.7 Å². The summed E-state index contributed by atoms with van der Waals surface area (Å²) in [6.45, 7) is 7.30. The number of anilines is 1. The molecule has 236 valence electrons. The van der Waals surface area contributed by atoms with E-state index in [9.17, 15) is 18.0 Å². The first kappa shape index (κ1) is 33.9. The largest absolute Gasteiger partial charge is 0.350 e. The van der Waals surface area contributed by atoms with Gasteiger partial charge in [0.1, 0.15) is 12.6 Å². The van der Waals surface area contributed by atoms with Gasteiger partial charge in [0.05, 0.1) is 10.6 Å². The Bertz CT molecular complexity index is 1670. The van der Waals surface area contributed by atoms with E-state index in [0.29, 0.717) is 5.69 Å². The zero-order chi connectivity index (χ0) is 32.6. The average molecular weight is 691 g/mol. The van der Waals surface area contributed by atoms with Crippen molar-refractivity contribution in [3.8, 4) is 0 Å². The Labute approximate surface area is 275 Å². The van der Waals surface area contributed by atoms with Crippen molar-refractivity contribution < 1.29 is 18.0 Å². The molecule has 0 saturated carbocycles. The number of halogens is 1. The van der Waals surface area contributed by atoms with E-state index in [4.69, 9.17) is 0 Å². The van der Waals surface area contributed by atoms with Crippen LogP contribution in [0.2, 0.25) is 0 Å². The van der Waals surface area contributed by atoms with Gasteiger partial charge in [0.15, 0.2) is 0 Å². The lowest BCUT2D eigenvalue weighted by Gasteiger charge is -2.35. The maximum atomic E-state index is 14.5. The van der Waals surface area contributed by atoms with Crippen molar-refractivity contribution in [3.05, 3.63) is 130 Å². The van der Waals surface area contributed by atoms with Gasteiger partial charge in [-0.05, 0) is 80.3 Å². The van der Waals surface area contributed by atoms with Crippen molar-refractivity contribution >= 4 is 43.5 Å². The third kappa shape index (κ3) is 9.28. The number of sulfonamides is 1. The Morgan fingerprint density at radius 3 is 1.89 bits per heavy atom. The molecule has 0 aliphatic carbocycles. The smallest absolute Gasteiger partial charge is 0.264 e. The highest BCUT2D eigenvalue weighted by Gasteiger charge is 2.35. The molecule has 0 aliphatic heterocycles. The number of nitrogens with zero attached hydrogens (tertiary/aromatic N) is 2. The number of benzene rings is 4. The third-order valence-corrected chi connectivity index (χ3v) is 9.59. The minimum absolute atomic E-state index is 0.0724. The lowest BCUT2D eigenvalue weighted by atomic mass is 10.0. The number of carbonyl (C=O) groups is 2.